The van der Waals surface area contributed by atoms with E-state index in [4.69, 9.17) is 5.73 Å². The number of carbonyl (C=O) groups excluding carboxylic acids is 1. The Hall–Kier alpha value is -1.63. The van der Waals surface area contributed by atoms with E-state index in [9.17, 15) is 17.6 Å². The van der Waals surface area contributed by atoms with Gasteiger partial charge in [0.15, 0.2) is 9.84 Å². The van der Waals surface area contributed by atoms with E-state index in [0.29, 0.717) is 0 Å². The zero-order valence-electron chi connectivity index (χ0n) is 11.9. The van der Waals surface area contributed by atoms with Gasteiger partial charge in [0.1, 0.15) is 11.1 Å². The highest BCUT2D eigenvalue weighted by Crippen LogP contribution is 2.21. The van der Waals surface area contributed by atoms with Gasteiger partial charge < -0.3 is 11.1 Å². The molecule has 5 nitrogen and oxygen atoms in total. The first-order valence-electron chi connectivity index (χ1n) is 6.05. The Morgan fingerprint density at radius 1 is 1.30 bits per heavy atom. The maximum absolute atomic E-state index is 13.2. The lowest BCUT2D eigenvalue weighted by Crippen LogP contribution is -2.47. The summed E-state index contributed by atoms with van der Waals surface area (Å²) in [6.45, 7) is 6.48. The zero-order valence-corrected chi connectivity index (χ0v) is 12.7. The second-order valence-corrected chi connectivity index (χ2v) is 7.92. The van der Waals surface area contributed by atoms with Crippen LogP contribution in [0.3, 0.4) is 0 Å². The molecule has 0 fully saturated rings. The first-order valence-corrected chi connectivity index (χ1v) is 7.60. The highest BCUT2D eigenvalue weighted by molar-refractivity contribution is 7.92. The van der Waals surface area contributed by atoms with E-state index in [1.165, 1.54) is 6.92 Å². The number of nitrogen functional groups attached to an aromatic ring is 1. The fourth-order valence-electron chi connectivity index (χ4n) is 1.56. The van der Waals surface area contributed by atoms with Crippen molar-refractivity contribution in [2.24, 2.45) is 0 Å². The summed E-state index contributed by atoms with van der Waals surface area (Å²) >= 11 is 0. The van der Waals surface area contributed by atoms with Crippen molar-refractivity contribution in [3.8, 4) is 0 Å². The molecule has 7 heteroatoms. The topological polar surface area (TPSA) is 89.3 Å². The molecule has 1 amide bonds. The third kappa shape index (κ3) is 3.93. The molecule has 1 unspecified atom stereocenters. The van der Waals surface area contributed by atoms with Gasteiger partial charge in [0, 0.05) is 11.2 Å². The Balaban J connectivity index is 3.13. The number of halogens is 1. The predicted molar refractivity (Wildman–Crippen MR) is 75.4 cm³/mol. The summed E-state index contributed by atoms with van der Waals surface area (Å²) in [5, 5.41) is 1.25. The lowest BCUT2D eigenvalue weighted by Gasteiger charge is -2.23. The minimum absolute atomic E-state index is 0.00740. The zero-order chi connectivity index (χ0) is 15.7. The highest BCUT2D eigenvalue weighted by atomic mass is 32.2. The molecule has 0 heterocycles. The van der Waals surface area contributed by atoms with Crippen molar-refractivity contribution >= 4 is 21.4 Å². The van der Waals surface area contributed by atoms with Gasteiger partial charge in [-0.1, -0.05) is 0 Å². The Morgan fingerprint density at radius 3 is 2.30 bits per heavy atom. The molecule has 1 atom stereocenters. The molecule has 1 aromatic rings. The Labute approximate surface area is 118 Å². The van der Waals surface area contributed by atoms with E-state index in [-0.39, 0.29) is 10.6 Å². The Morgan fingerprint density at radius 2 is 1.85 bits per heavy atom. The van der Waals surface area contributed by atoms with Crippen LogP contribution in [0.5, 0.6) is 0 Å². The van der Waals surface area contributed by atoms with E-state index in [1.807, 2.05) is 0 Å². The van der Waals surface area contributed by atoms with Crippen LogP contribution in [0.25, 0.3) is 0 Å². The summed E-state index contributed by atoms with van der Waals surface area (Å²) in [6.07, 6.45) is 0. The lowest BCUT2D eigenvalue weighted by atomic mass is 10.1. The average Bonchev–Trinajstić information content (AvgIpc) is 2.24. The molecule has 0 bridgehead atoms. The number of nitrogens with one attached hydrogen (secondary N) is 1. The standard InChI is InChI=1S/C13H19FN2O3S/c1-8(12(17)16-13(2,3)4)20(18,19)11-6-9(14)5-10(15)7-11/h5-8H,15H2,1-4H3,(H,16,17). The smallest absolute Gasteiger partial charge is 0.238 e. The minimum atomic E-state index is -3.99. The SMILES string of the molecule is CC(C(=O)NC(C)(C)C)S(=O)(=O)c1cc(N)cc(F)c1. The van der Waals surface area contributed by atoms with Gasteiger partial charge in [-0.25, -0.2) is 12.8 Å². The number of anilines is 1. The Kier molecular flexibility index (Phi) is 4.43. The van der Waals surface area contributed by atoms with Crippen LogP contribution in [0.15, 0.2) is 23.1 Å². The van der Waals surface area contributed by atoms with Gasteiger partial charge in [-0.05, 0) is 45.9 Å². The number of carbonyl (C=O) groups is 1. The molecule has 0 aliphatic rings. The second kappa shape index (κ2) is 5.40. The van der Waals surface area contributed by atoms with Crippen LogP contribution >= 0.6 is 0 Å². The van der Waals surface area contributed by atoms with Crippen molar-refractivity contribution in [2.75, 3.05) is 5.73 Å². The van der Waals surface area contributed by atoms with Crippen molar-refractivity contribution in [2.45, 2.75) is 43.4 Å². The summed E-state index contributed by atoms with van der Waals surface area (Å²) in [5.74, 6) is -1.40. The molecule has 1 rings (SSSR count). The molecule has 0 aromatic heterocycles. The van der Waals surface area contributed by atoms with E-state index in [1.54, 1.807) is 20.8 Å². The number of hydrogen-bond donors (Lipinski definition) is 2. The molecule has 20 heavy (non-hydrogen) atoms. The van der Waals surface area contributed by atoms with Gasteiger partial charge in [0.2, 0.25) is 5.91 Å². The molecule has 112 valence electrons. The van der Waals surface area contributed by atoms with Crippen molar-refractivity contribution < 1.29 is 17.6 Å². The summed E-state index contributed by atoms with van der Waals surface area (Å²) in [7, 11) is -3.99. The third-order valence-electron chi connectivity index (χ3n) is 2.56. The summed E-state index contributed by atoms with van der Waals surface area (Å²) < 4.78 is 37.8. The van der Waals surface area contributed by atoms with Crippen LogP contribution in [0.1, 0.15) is 27.7 Å². The number of rotatable bonds is 3. The fraction of sp³-hybridized carbons (Fsp3) is 0.462. The number of sulfone groups is 1. The molecule has 0 radical (unpaired) electrons. The van der Waals surface area contributed by atoms with Crippen molar-refractivity contribution in [3.63, 3.8) is 0 Å². The molecule has 0 aliphatic heterocycles. The van der Waals surface area contributed by atoms with E-state index >= 15 is 0 Å². The highest BCUT2D eigenvalue weighted by Gasteiger charge is 2.32. The summed E-state index contributed by atoms with van der Waals surface area (Å²) in [6, 6.07) is 3.00. The number of hydrogen-bond acceptors (Lipinski definition) is 4. The summed E-state index contributed by atoms with van der Waals surface area (Å²) in [4.78, 5) is 11.6. The van der Waals surface area contributed by atoms with E-state index in [2.05, 4.69) is 5.32 Å². The van der Waals surface area contributed by atoms with Crippen LogP contribution in [0, 0.1) is 5.82 Å². The minimum Gasteiger partial charge on any atom is -0.399 e. The summed E-state index contributed by atoms with van der Waals surface area (Å²) in [5.41, 5.74) is 4.87. The molecule has 0 saturated heterocycles. The molecular formula is C13H19FN2O3S. The Bertz CT molecular complexity index is 601. The first kappa shape index (κ1) is 16.4. The predicted octanol–water partition coefficient (Wildman–Crippen LogP) is 1.48. The second-order valence-electron chi connectivity index (χ2n) is 5.65. The van der Waals surface area contributed by atoms with Gasteiger partial charge in [-0.2, -0.15) is 0 Å². The average molecular weight is 302 g/mol. The normalized spacial score (nSPS) is 13.8. The number of nitrogens with two attached hydrogens (primary N) is 1. The van der Waals surface area contributed by atoms with Crippen LogP contribution in [0.4, 0.5) is 10.1 Å². The number of benzene rings is 1. The molecule has 0 aliphatic carbocycles. The molecular weight excluding hydrogens is 283 g/mol. The number of amides is 1. The van der Waals surface area contributed by atoms with Gasteiger partial charge in [-0.3, -0.25) is 4.79 Å². The van der Waals surface area contributed by atoms with E-state index < -0.39 is 32.4 Å². The van der Waals surface area contributed by atoms with Gasteiger partial charge in [0.05, 0.1) is 4.90 Å². The van der Waals surface area contributed by atoms with Crippen LogP contribution in [0.2, 0.25) is 0 Å². The maximum atomic E-state index is 13.2. The van der Waals surface area contributed by atoms with Crippen LogP contribution < -0.4 is 11.1 Å². The van der Waals surface area contributed by atoms with Crippen molar-refractivity contribution in [1.29, 1.82) is 0 Å². The quantitative estimate of drug-likeness (QED) is 0.828. The largest absolute Gasteiger partial charge is 0.399 e. The van der Waals surface area contributed by atoms with E-state index in [0.717, 1.165) is 18.2 Å². The molecule has 1 aromatic carbocycles. The monoisotopic (exact) mass is 302 g/mol. The fourth-order valence-corrected chi connectivity index (χ4v) is 2.89. The van der Waals surface area contributed by atoms with Crippen LogP contribution in [-0.2, 0) is 14.6 Å². The van der Waals surface area contributed by atoms with Gasteiger partial charge >= 0.3 is 0 Å². The van der Waals surface area contributed by atoms with Gasteiger partial charge in [0.25, 0.3) is 0 Å². The lowest BCUT2D eigenvalue weighted by molar-refractivity contribution is -0.121. The molecule has 0 saturated carbocycles. The van der Waals surface area contributed by atoms with Crippen molar-refractivity contribution in [3.05, 3.63) is 24.0 Å². The van der Waals surface area contributed by atoms with Gasteiger partial charge in [-0.15, -0.1) is 0 Å². The molecule has 3 N–H and O–H groups in total. The first-order chi connectivity index (χ1) is 8.93. The third-order valence-corrected chi connectivity index (χ3v) is 4.59. The van der Waals surface area contributed by atoms with Crippen molar-refractivity contribution in [1.82, 2.24) is 5.32 Å². The van der Waals surface area contributed by atoms with Crippen LogP contribution in [-0.4, -0.2) is 25.1 Å². The maximum Gasteiger partial charge on any atom is 0.238 e. The molecule has 0 spiro atoms.